The van der Waals surface area contributed by atoms with Crippen LogP contribution in [0.2, 0.25) is 0 Å². The number of carbonyl (C=O) groups is 2. The fraction of sp³-hybridized carbons (Fsp3) is 0.300. The number of terminal acetylenes is 1. The molecule has 2 aromatic rings. The lowest BCUT2D eigenvalue weighted by molar-refractivity contribution is -0.131. The Balaban J connectivity index is 1.78. The molecular formula is C30H29N3O5. The number of ether oxygens (including phenoxy) is 3. The van der Waals surface area contributed by atoms with Crippen molar-refractivity contribution < 1.29 is 23.8 Å². The number of carbonyl (C=O) groups excluding carboxylic acids is 2. The summed E-state index contributed by atoms with van der Waals surface area (Å²) in [5.41, 5.74) is 2.55. The number of esters is 1. The number of anilines is 1. The van der Waals surface area contributed by atoms with Gasteiger partial charge >= 0.3 is 5.97 Å². The maximum absolute atomic E-state index is 13.4. The number of amides is 1. The number of pyridine rings is 1. The molecule has 0 fully saturated rings. The van der Waals surface area contributed by atoms with Gasteiger partial charge in [0.15, 0.2) is 0 Å². The van der Waals surface area contributed by atoms with Crippen LogP contribution in [-0.4, -0.2) is 55.2 Å². The minimum Gasteiger partial charge on any atom is -0.498 e. The third-order valence-corrected chi connectivity index (χ3v) is 6.42. The normalized spacial score (nSPS) is 18.7. The van der Waals surface area contributed by atoms with Crippen LogP contribution < -0.4 is 10.1 Å². The quantitative estimate of drug-likeness (QED) is 0.342. The Morgan fingerprint density at radius 2 is 2.16 bits per heavy atom. The second-order valence-electron chi connectivity index (χ2n) is 8.76. The molecule has 0 spiro atoms. The van der Waals surface area contributed by atoms with Gasteiger partial charge < -0.3 is 24.4 Å². The fourth-order valence-electron chi connectivity index (χ4n) is 4.57. The Morgan fingerprint density at radius 3 is 2.84 bits per heavy atom. The average Bonchev–Trinajstić information content (AvgIpc) is 3.19. The summed E-state index contributed by atoms with van der Waals surface area (Å²) in [5.74, 6) is 8.64. The van der Waals surface area contributed by atoms with Crippen molar-refractivity contribution in [2.24, 2.45) is 5.92 Å². The molecule has 0 saturated carbocycles. The summed E-state index contributed by atoms with van der Waals surface area (Å²) in [4.78, 5) is 31.2. The maximum Gasteiger partial charge on any atom is 0.308 e. The Kier molecular flexibility index (Phi) is 8.47. The van der Waals surface area contributed by atoms with Gasteiger partial charge in [-0.2, -0.15) is 0 Å². The molecule has 1 aliphatic carbocycles. The highest BCUT2D eigenvalue weighted by molar-refractivity contribution is 5.99. The number of aromatic nitrogens is 1. The Bertz CT molecular complexity index is 1380. The van der Waals surface area contributed by atoms with Gasteiger partial charge in [0.2, 0.25) is 0 Å². The van der Waals surface area contributed by atoms with Crippen molar-refractivity contribution in [3.05, 3.63) is 66.2 Å². The maximum atomic E-state index is 13.4. The van der Waals surface area contributed by atoms with Crippen LogP contribution in [0.15, 0.2) is 55.1 Å². The van der Waals surface area contributed by atoms with Crippen LogP contribution in [0.25, 0.3) is 11.1 Å². The lowest BCUT2D eigenvalue weighted by Crippen LogP contribution is -2.31. The van der Waals surface area contributed by atoms with Crippen molar-refractivity contribution >= 4 is 17.7 Å². The first-order chi connectivity index (χ1) is 18.5. The zero-order valence-corrected chi connectivity index (χ0v) is 21.6. The zero-order chi connectivity index (χ0) is 27.1. The number of nitrogens with one attached hydrogen (secondary N) is 1. The van der Waals surface area contributed by atoms with Crippen molar-refractivity contribution in [3.8, 4) is 41.1 Å². The average molecular weight is 512 g/mol. The van der Waals surface area contributed by atoms with Gasteiger partial charge in [-0.25, -0.2) is 4.98 Å². The Labute approximate surface area is 222 Å². The van der Waals surface area contributed by atoms with E-state index in [0.29, 0.717) is 25.4 Å². The molecule has 1 N–H and O–H groups in total. The van der Waals surface area contributed by atoms with Crippen molar-refractivity contribution in [2.75, 3.05) is 32.6 Å². The summed E-state index contributed by atoms with van der Waals surface area (Å²) in [6.45, 7) is 2.05. The van der Waals surface area contributed by atoms with Crippen molar-refractivity contribution in [2.45, 2.75) is 25.4 Å². The van der Waals surface area contributed by atoms with Crippen molar-refractivity contribution in [1.29, 1.82) is 0 Å². The smallest absolute Gasteiger partial charge is 0.308 e. The molecule has 38 heavy (non-hydrogen) atoms. The molecule has 1 amide bonds. The van der Waals surface area contributed by atoms with E-state index in [-0.39, 0.29) is 35.2 Å². The zero-order valence-electron chi connectivity index (χ0n) is 21.6. The highest BCUT2D eigenvalue weighted by Gasteiger charge is 2.31. The first kappa shape index (κ1) is 26.5. The van der Waals surface area contributed by atoms with E-state index in [1.807, 2.05) is 18.2 Å². The second-order valence-corrected chi connectivity index (χ2v) is 8.76. The van der Waals surface area contributed by atoms with E-state index in [2.05, 4.69) is 28.1 Å². The summed E-state index contributed by atoms with van der Waals surface area (Å²) in [6.07, 6.45) is 15.0. The molecule has 2 heterocycles. The molecule has 4 rings (SSSR count). The van der Waals surface area contributed by atoms with Gasteiger partial charge in [0.1, 0.15) is 24.3 Å². The second kappa shape index (κ2) is 12.1. The summed E-state index contributed by atoms with van der Waals surface area (Å²) >= 11 is 0. The molecule has 1 aromatic heterocycles. The van der Waals surface area contributed by atoms with Crippen molar-refractivity contribution in [3.63, 3.8) is 0 Å². The molecule has 194 valence electrons. The number of hydrogen-bond acceptors (Lipinski definition) is 7. The number of rotatable bonds is 7. The van der Waals surface area contributed by atoms with Crippen LogP contribution in [0, 0.1) is 30.1 Å². The van der Waals surface area contributed by atoms with E-state index in [0.717, 1.165) is 16.7 Å². The van der Waals surface area contributed by atoms with Crippen molar-refractivity contribution in [1.82, 2.24) is 9.88 Å². The first-order valence-electron chi connectivity index (χ1n) is 12.2. The van der Waals surface area contributed by atoms with Crippen LogP contribution in [-0.2, 0) is 14.3 Å². The molecule has 1 aromatic carbocycles. The SMILES string of the molecule is C#CC(c1cc(-c2ccc(OC(C)=O)c(C(=O)N3C=COCC3)c2)cnc1NC)C1CC=CC#CC1OC. The minimum atomic E-state index is -0.517. The molecular weight excluding hydrogens is 482 g/mol. The molecule has 0 saturated heterocycles. The number of allylic oxidation sites excluding steroid dienone is 2. The highest BCUT2D eigenvalue weighted by Crippen LogP contribution is 2.37. The molecule has 8 nitrogen and oxygen atoms in total. The lowest BCUT2D eigenvalue weighted by Gasteiger charge is -2.27. The topological polar surface area (TPSA) is 90.0 Å². The van der Waals surface area contributed by atoms with Crippen LogP contribution in [0.5, 0.6) is 5.75 Å². The summed E-state index contributed by atoms with van der Waals surface area (Å²) < 4.78 is 16.2. The fourth-order valence-corrected chi connectivity index (χ4v) is 4.57. The van der Waals surface area contributed by atoms with Crippen LogP contribution in [0.4, 0.5) is 5.82 Å². The molecule has 3 atom stereocenters. The monoisotopic (exact) mass is 511 g/mol. The van der Waals surface area contributed by atoms with E-state index >= 15 is 0 Å². The van der Waals surface area contributed by atoms with Gasteiger partial charge in [-0.1, -0.05) is 29.9 Å². The van der Waals surface area contributed by atoms with Gasteiger partial charge in [-0.15, -0.1) is 6.42 Å². The predicted octanol–water partition coefficient (Wildman–Crippen LogP) is 3.97. The predicted molar refractivity (Wildman–Crippen MR) is 144 cm³/mol. The Hall–Kier alpha value is -4.53. The number of hydrogen-bond donors (Lipinski definition) is 1. The number of nitrogens with zero attached hydrogens (tertiary/aromatic N) is 2. The van der Waals surface area contributed by atoms with Crippen LogP contribution >= 0.6 is 0 Å². The summed E-state index contributed by atoms with van der Waals surface area (Å²) in [7, 11) is 3.42. The van der Waals surface area contributed by atoms with Gasteiger partial charge in [-0.3, -0.25) is 9.59 Å². The molecule has 8 heteroatoms. The summed E-state index contributed by atoms with van der Waals surface area (Å²) in [5, 5.41) is 3.14. The van der Waals surface area contributed by atoms with Crippen LogP contribution in [0.1, 0.15) is 35.2 Å². The molecule has 2 aliphatic rings. The van der Waals surface area contributed by atoms with E-state index in [4.69, 9.17) is 20.6 Å². The standard InChI is InChI=1S/C30H29N3O5/c1-5-23(24-9-7-6-8-10-27(24)36-4)25-18-22(19-32-29(25)31-3)21-11-12-28(38-20(2)34)26(17-21)30(35)33-13-15-37-16-14-33/h1,6-7,11-13,15,17-19,23-24,27H,9,14,16H2,2-4H3,(H,31,32). The summed E-state index contributed by atoms with van der Waals surface area (Å²) in [6, 6.07) is 7.08. The minimum absolute atomic E-state index is 0.0861. The van der Waals surface area contributed by atoms with E-state index in [1.165, 1.54) is 18.1 Å². The number of methoxy groups -OCH3 is 1. The highest BCUT2D eigenvalue weighted by atomic mass is 16.5. The first-order valence-corrected chi connectivity index (χ1v) is 12.2. The van der Waals surface area contributed by atoms with Gasteiger partial charge in [0.25, 0.3) is 5.91 Å². The largest absolute Gasteiger partial charge is 0.498 e. The van der Waals surface area contributed by atoms with E-state index < -0.39 is 5.97 Å². The number of benzene rings is 1. The van der Waals surface area contributed by atoms with Gasteiger partial charge in [0, 0.05) is 50.5 Å². The van der Waals surface area contributed by atoms with Gasteiger partial charge in [0.05, 0.1) is 24.3 Å². The van der Waals surface area contributed by atoms with Crippen LogP contribution in [0.3, 0.4) is 0 Å². The molecule has 1 aliphatic heterocycles. The third kappa shape index (κ3) is 5.72. The van der Waals surface area contributed by atoms with E-state index in [9.17, 15) is 9.59 Å². The molecule has 0 bridgehead atoms. The van der Waals surface area contributed by atoms with E-state index in [1.54, 1.807) is 44.8 Å². The lowest BCUT2D eigenvalue weighted by atomic mass is 9.80. The molecule has 0 radical (unpaired) electrons. The third-order valence-electron chi connectivity index (χ3n) is 6.42. The Morgan fingerprint density at radius 1 is 1.32 bits per heavy atom. The van der Waals surface area contributed by atoms with Gasteiger partial charge in [-0.05, 0) is 36.3 Å². The molecule has 3 unspecified atom stereocenters.